The molecule has 0 radical (unpaired) electrons. The Hall–Kier alpha value is -2.36. The van der Waals surface area contributed by atoms with Crippen molar-refractivity contribution in [3.8, 4) is 23.0 Å². The third-order valence-electron chi connectivity index (χ3n) is 3.67. The molecule has 4 heteroatoms. The predicted molar refractivity (Wildman–Crippen MR) is 85.3 cm³/mol. The van der Waals surface area contributed by atoms with E-state index in [1.54, 1.807) is 13.8 Å². The fourth-order valence-electron chi connectivity index (χ4n) is 2.10. The van der Waals surface area contributed by atoms with Crippen molar-refractivity contribution in [3.63, 3.8) is 0 Å². The number of phenolic OH excluding ortho intramolecular Hbond substituents is 4. The number of hydrogen-bond donors (Lipinski definition) is 4. The van der Waals surface area contributed by atoms with Crippen molar-refractivity contribution in [2.24, 2.45) is 11.8 Å². The zero-order valence-electron chi connectivity index (χ0n) is 18.4. The van der Waals surface area contributed by atoms with Crippen LogP contribution in [0.5, 0.6) is 23.0 Å². The summed E-state index contributed by atoms with van der Waals surface area (Å²) in [6, 6.07) is -2.67. The molecule has 2 aromatic rings. The third-order valence-corrected chi connectivity index (χ3v) is 3.67. The second-order valence-corrected chi connectivity index (χ2v) is 5.46. The molecule has 0 aliphatic carbocycles. The zero-order valence-corrected chi connectivity index (χ0v) is 12.4. The van der Waals surface area contributed by atoms with E-state index in [4.69, 9.17) is 8.22 Å². The van der Waals surface area contributed by atoms with E-state index in [0.717, 1.165) is 0 Å². The van der Waals surface area contributed by atoms with E-state index in [9.17, 15) is 20.4 Å². The van der Waals surface area contributed by atoms with Crippen LogP contribution in [-0.4, -0.2) is 20.4 Å². The number of benzene rings is 2. The Morgan fingerprint density at radius 2 is 1.09 bits per heavy atom. The lowest BCUT2D eigenvalue weighted by atomic mass is 9.85. The van der Waals surface area contributed by atoms with Crippen LogP contribution in [0.2, 0.25) is 0 Å². The molecule has 0 heterocycles. The largest absolute Gasteiger partial charge is 0.504 e. The predicted octanol–water partition coefficient (Wildman–Crippen LogP) is 3.57. The maximum atomic E-state index is 9.78. The first-order valence-corrected chi connectivity index (χ1v) is 6.91. The SMILES string of the molecule is [2H]c1c([2H])c(CC(C)C(C)Cc2c([2H])c([2H])c(O)c(O)c2[2H])c([2H])c(O)c1O. The van der Waals surface area contributed by atoms with Gasteiger partial charge in [-0.25, -0.2) is 0 Å². The summed E-state index contributed by atoms with van der Waals surface area (Å²) < 4.78 is 47.1. The summed E-state index contributed by atoms with van der Waals surface area (Å²) >= 11 is 0. The second-order valence-electron chi connectivity index (χ2n) is 5.46. The molecule has 22 heavy (non-hydrogen) atoms. The normalized spacial score (nSPS) is 17.5. The first-order chi connectivity index (χ1) is 12.9. The fraction of sp³-hybridized carbons (Fsp3) is 0.333. The monoisotopic (exact) mass is 308 g/mol. The molecule has 0 saturated carbocycles. The smallest absolute Gasteiger partial charge is 0.157 e. The number of hydrogen-bond acceptors (Lipinski definition) is 4. The van der Waals surface area contributed by atoms with Crippen LogP contribution in [0.15, 0.2) is 36.3 Å². The third kappa shape index (κ3) is 3.85. The molecule has 0 amide bonds. The van der Waals surface area contributed by atoms with E-state index in [1.807, 2.05) is 0 Å². The highest BCUT2D eigenvalue weighted by Gasteiger charge is 2.15. The summed E-state index contributed by atoms with van der Waals surface area (Å²) in [7, 11) is 0. The van der Waals surface area contributed by atoms with Gasteiger partial charge in [0.25, 0.3) is 0 Å². The Kier molecular flexibility index (Phi) is 2.89. The molecule has 0 aromatic heterocycles. The van der Waals surface area contributed by atoms with Crippen molar-refractivity contribution in [2.45, 2.75) is 26.7 Å². The Bertz CT molecular complexity index is 798. The molecule has 0 aliphatic rings. The average molecular weight is 308 g/mol. The van der Waals surface area contributed by atoms with Gasteiger partial charge in [0, 0.05) is 0 Å². The highest BCUT2D eigenvalue weighted by Crippen LogP contribution is 2.30. The molecule has 2 unspecified atom stereocenters. The van der Waals surface area contributed by atoms with Gasteiger partial charge in [0.1, 0.15) is 0 Å². The summed E-state index contributed by atoms with van der Waals surface area (Å²) in [5.41, 5.74) is 0.207. The van der Waals surface area contributed by atoms with Crippen LogP contribution in [0.3, 0.4) is 0 Å². The van der Waals surface area contributed by atoms with E-state index in [-0.39, 0.29) is 47.9 Å². The van der Waals surface area contributed by atoms with Gasteiger partial charge < -0.3 is 20.4 Å². The topological polar surface area (TPSA) is 80.9 Å². The second kappa shape index (κ2) is 6.60. The minimum atomic E-state index is -0.806. The van der Waals surface area contributed by atoms with Gasteiger partial charge in [0.15, 0.2) is 23.0 Å². The summed E-state index contributed by atoms with van der Waals surface area (Å²) in [5.74, 6) is -3.56. The van der Waals surface area contributed by atoms with Crippen LogP contribution in [0.4, 0.5) is 0 Å². The number of aromatic hydroxyl groups is 4. The summed E-state index contributed by atoms with van der Waals surface area (Å²) in [4.78, 5) is 0. The number of phenols is 4. The molecule has 4 nitrogen and oxygen atoms in total. The minimum Gasteiger partial charge on any atom is -0.504 e. The van der Waals surface area contributed by atoms with Crippen molar-refractivity contribution in [1.29, 1.82) is 0 Å². The number of rotatable bonds is 5. The minimum absolute atomic E-state index is 0.103. The molecular weight excluding hydrogens is 280 g/mol. The van der Waals surface area contributed by atoms with Crippen molar-refractivity contribution in [2.75, 3.05) is 0 Å². The standard InChI is InChI=1S/C18H22O4/c1-11(7-13-3-5-15(19)17(21)9-13)12(2)8-14-4-6-16(20)18(22)10-14/h3-6,9-12,19-22H,7-8H2,1-2H3/i3D,4D,5D,6D,9D,10D. The lowest BCUT2D eigenvalue weighted by molar-refractivity contribution is 0.377. The summed E-state index contributed by atoms with van der Waals surface area (Å²) in [6.07, 6.45) is 0.272. The Balaban J connectivity index is 2.33. The van der Waals surface area contributed by atoms with E-state index in [2.05, 4.69) is 0 Å². The van der Waals surface area contributed by atoms with Gasteiger partial charge in [0.2, 0.25) is 0 Å². The van der Waals surface area contributed by atoms with Crippen LogP contribution in [0, 0.1) is 11.8 Å². The maximum Gasteiger partial charge on any atom is 0.157 e. The lowest BCUT2D eigenvalue weighted by Crippen LogP contribution is -2.13. The molecular formula is C18H22O4. The van der Waals surface area contributed by atoms with Crippen LogP contribution < -0.4 is 0 Å². The van der Waals surface area contributed by atoms with Crippen LogP contribution in [0.1, 0.15) is 33.2 Å². The Morgan fingerprint density at radius 1 is 0.727 bits per heavy atom. The van der Waals surface area contributed by atoms with Gasteiger partial charge >= 0.3 is 0 Å². The van der Waals surface area contributed by atoms with Gasteiger partial charge in [0.05, 0.1) is 8.22 Å². The molecule has 2 aromatic carbocycles. The Labute approximate surface area is 138 Å². The first-order valence-electron chi connectivity index (χ1n) is 9.91. The van der Waals surface area contributed by atoms with Crippen LogP contribution >= 0.6 is 0 Å². The van der Waals surface area contributed by atoms with Gasteiger partial charge in [-0.05, 0) is 60.0 Å². The molecule has 118 valence electrons. The Morgan fingerprint density at radius 3 is 1.45 bits per heavy atom. The average Bonchev–Trinajstić information content (AvgIpc) is 2.67. The van der Waals surface area contributed by atoms with Crippen molar-refractivity contribution >= 4 is 0 Å². The fourth-order valence-corrected chi connectivity index (χ4v) is 2.10. The molecule has 2 rings (SSSR count). The molecule has 0 spiro atoms. The van der Waals surface area contributed by atoms with Crippen LogP contribution in [0.25, 0.3) is 0 Å². The lowest BCUT2D eigenvalue weighted by Gasteiger charge is -2.20. The van der Waals surface area contributed by atoms with Crippen molar-refractivity contribution in [3.05, 3.63) is 47.4 Å². The molecule has 0 saturated heterocycles. The zero-order chi connectivity index (χ0) is 21.5. The molecule has 4 N–H and O–H groups in total. The van der Waals surface area contributed by atoms with E-state index in [1.165, 1.54) is 0 Å². The molecule has 0 bridgehead atoms. The first kappa shape index (κ1) is 9.62. The van der Waals surface area contributed by atoms with Gasteiger partial charge in [-0.1, -0.05) is 25.9 Å². The van der Waals surface area contributed by atoms with Gasteiger partial charge in [-0.15, -0.1) is 0 Å². The summed E-state index contributed by atoms with van der Waals surface area (Å²) in [5, 5.41) is 38.7. The molecule has 2 atom stereocenters. The summed E-state index contributed by atoms with van der Waals surface area (Å²) in [6.45, 7) is 3.60. The highest BCUT2D eigenvalue weighted by atomic mass is 16.3. The molecule has 0 aliphatic heterocycles. The van der Waals surface area contributed by atoms with E-state index < -0.39 is 47.2 Å². The van der Waals surface area contributed by atoms with Gasteiger partial charge in [-0.2, -0.15) is 0 Å². The van der Waals surface area contributed by atoms with E-state index in [0.29, 0.717) is 0 Å². The van der Waals surface area contributed by atoms with Gasteiger partial charge in [-0.3, -0.25) is 0 Å². The van der Waals surface area contributed by atoms with E-state index >= 15 is 0 Å². The molecule has 0 fully saturated rings. The quantitative estimate of drug-likeness (QED) is 0.637. The van der Waals surface area contributed by atoms with Crippen molar-refractivity contribution in [1.82, 2.24) is 0 Å². The maximum absolute atomic E-state index is 9.78. The van der Waals surface area contributed by atoms with Crippen LogP contribution in [-0.2, 0) is 12.8 Å². The van der Waals surface area contributed by atoms with Crippen molar-refractivity contribution < 1.29 is 28.7 Å². The highest BCUT2D eigenvalue weighted by molar-refractivity contribution is 5.41.